The zero-order valence-corrected chi connectivity index (χ0v) is 32.6. The minimum absolute atomic E-state index is 0.0492. The first kappa shape index (κ1) is 36.7. The third-order valence-electron chi connectivity index (χ3n) is 12.6. The summed E-state index contributed by atoms with van der Waals surface area (Å²) in [5, 5.41) is 36.2. The first-order valence-electron chi connectivity index (χ1n) is 18.5. The number of benzene rings is 3. The van der Waals surface area contributed by atoms with E-state index in [-0.39, 0.29) is 48.2 Å². The van der Waals surface area contributed by atoms with Crippen molar-refractivity contribution in [3.8, 4) is 46.3 Å². The molecule has 1 spiro atoms. The van der Waals surface area contributed by atoms with Gasteiger partial charge in [0.2, 0.25) is 6.79 Å². The predicted molar refractivity (Wildman–Crippen MR) is 199 cm³/mol. The van der Waals surface area contributed by atoms with Gasteiger partial charge < -0.3 is 43.2 Å². The van der Waals surface area contributed by atoms with E-state index in [0.29, 0.717) is 70.0 Å². The number of piperazine rings is 1. The van der Waals surface area contributed by atoms with Gasteiger partial charge in [-0.25, -0.2) is 4.79 Å². The van der Waals surface area contributed by atoms with Gasteiger partial charge in [0.1, 0.15) is 24.2 Å². The molecule has 2 saturated heterocycles. The van der Waals surface area contributed by atoms with Crippen molar-refractivity contribution < 1.29 is 52.8 Å². The summed E-state index contributed by atoms with van der Waals surface area (Å²) in [6.45, 7) is 4.79. The van der Waals surface area contributed by atoms with Crippen LogP contribution in [0.3, 0.4) is 0 Å². The summed E-state index contributed by atoms with van der Waals surface area (Å²) in [4.78, 5) is 31.8. The molecule has 0 radical (unpaired) electrons. The fourth-order valence-corrected chi connectivity index (χ4v) is 12.5. The van der Waals surface area contributed by atoms with E-state index in [9.17, 15) is 25.1 Å². The number of hydrogen-bond donors (Lipinski definition) is 3. The van der Waals surface area contributed by atoms with Crippen LogP contribution in [0.2, 0.25) is 0 Å². The maximum Gasteiger partial charge on any atom is 0.336 e. The fourth-order valence-electron chi connectivity index (χ4n) is 10.4. The van der Waals surface area contributed by atoms with E-state index >= 15 is 4.55 Å². The zero-order chi connectivity index (χ0) is 39.5. The number of rotatable bonds is 3. The quantitative estimate of drug-likeness (QED) is 0.199. The van der Waals surface area contributed by atoms with Gasteiger partial charge in [0.05, 0.1) is 44.0 Å². The van der Waals surface area contributed by atoms with Gasteiger partial charge in [-0.1, -0.05) is 6.07 Å². The van der Waals surface area contributed by atoms with Gasteiger partial charge in [0.25, 0.3) is 0 Å². The van der Waals surface area contributed by atoms with E-state index < -0.39 is 58.1 Å². The van der Waals surface area contributed by atoms with Gasteiger partial charge in [0, 0.05) is 36.2 Å². The summed E-state index contributed by atoms with van der Waals surface area (Å²) in [7, 11) is 4.81. The van der Waals surface area contributed by atoms with Crippen molar-refractivity contribution in [2.45, 2.75) is 74.6 Å². The Labute approximate surface area is 326 Å². The van der Waals surface area contributed by atoms with Crippen LogP contribution in [0.5, 0.6) is 40.2 Å². The van der Waals surface area contributed by atoms with Crippen LogP contribution in [0.25, 0.3) is 0 Å². The predicted octanol–water partition coefficient (Wildman–Crippen LogP) is 3.00. The Morgan fingerprint density at radius 1 is 1.07 bits per heavy atom. The number of aryl methyl sites for hydroxylation is 1. The van der Waals surface area contributed by atoms with Crippen molar-refractivity contribution >= 4 is 23.1 Å². The summed E-state index contributed by atoms with van der Waals surface area (Å²) < 4.78 is 51.8. The summed E-state index contributed by atoms with van der Waals surface area (Å²) in [5.41, 5.74) is 2.99. The molecule has 15 nitrogen and oxygen atoms in total. The maximum absolute atomic E-state index is 16.0. The van der Waals surface area contributed by atoms with Gasteiger partial charge >= 0.3 is 11.9 Å². The molecular weight excluding hydrogens is 745 g/mol. The number of fused-ring (bicyclic) bond motifs is 9. The molecule has 4 bridgehead atoms. The SMILES string of the molecule is COc1cc2c(cc1O)CCN[C@]21C[S+]([O-])[C@@H]2c3c(OC(C)=O)c(C)c4c(c3[C@H](COC1=O)N1[C@@H]2[C@H]2c3c(cc(C)c(OC)c3O)C[C@H]([C@@H]1C#N)N2C)OCO4. The van der Waals surface area contributed by atoms with Crippen LogP contribution in [-0.2, 0) is 43.9 Å². The van der Waals surface area contributed by atoms with Crippen molar-refractivity contribution in [3.63, 3.8) is 0 Å². The van der Waals surface area contributed by atoms with E-state index in [1.807, 2.05) is 24.9 Å². The van der Waals surface area contributed by atoms with Crippen molar-refractivity contribution in [3.05, 3.63) is 62.7 Å². The molecule has 3 N–H and O–H groups in total. The van der Waals surface area contributed by atoms with Crippen LogP contribution < -0.4 is 29.0 Å². The molecule has 16 heteroatoms. The fraction of sp³-hybridized carbons (Fsp3) is 0.475. The Morgan fingerprint density at radius 3 is 2.55 bits per heavy atom. The number of ether oxygens (including phenoxy) is 6. The van der Waals surface area contributed by atoms with E-state index in [1.165, 1.54) is 21.1 Å². The van der Waals surface area contributed by atoms with Crippen LogP contribution in [0.15, 0.2) is 18.2 Å². The van der Waals surface area contributed by atoms with Gasteiger partial charge in [-0.05, 0) is 79.3 Å². The molecule has 294 valence electrons. The van der Waals surface area contributed by atoms with Gasteiger partial charge in [-0.3, -0.25) is 19.9 Å². The Kier molecular flexibility index (Phi) is 8.56. The van der Waals surface area contributed by atoms with Crippen molar-refractivity contribution in [1.82, 2.24) is 15.1 Å². The number of likely N-dealkylation sites (N-methyl/N-ethyl adjacent to an activating group) is 1. The highest BCUT2D eigenvalue weighted by Crippen LogP contribution is 2.63. The monoisotopic (exact) mass is 786 g/mol. The van der Waals surface area contributed by atoms with Crippen molar-refractivity contribution in [2.75, 3.05) is 47.0 Å². The van der Waals surface area contributed by atoms with E-state index in [2.05, 4.69) is 16.3 Å². The Balaban J connectivity index is 1.36. The maximum atomic E-state index is 16.0. The Morgan fingerprint density at radius 2 is 1.84 bits per heavy atom. The summed E-state index contributed by atoms with van der Waals surface area (Å²) >= 11 is -2.06. The lowest BCUT2D eigenvalue weighted by atomic mass is 9.71. The molecular formula is C40H42N4O11S. The summed E-state index contributed by atoms with van der Waals surface area (Å²) in [6, 6.07) is 4.10. The highest BCUT2D eigenvalue weighted by atomic mass is 32.2. The number of nitrogens with zero attached hydrogens (tertiary/aromatic N) is 3. The second-order valence-electron chi connectivity index (χ2n) is 15.3. The average Bonchev–Trinajstić information content (AvgIpc) is 3.65. The van der Waals surface area contributed by atoms with Crippen LogP contribution >= 0.6 is 0 Å². The minimum atomic E-state index is -2.06. The molecule has 0 aliphatic carbocycles. The topological polar surface area (TPSA) is 195 Å². The third-order valence-corrected chi connectivity index (χ3v) is 14.4. The number of carbonyl (C=O) groups excluding carboxylic acids is 2. The van der Waals surface area contributed by atoms with Crippen LogP contribution in [0.1, 0.15) is 68.8 Å². The molecule has 1 unspecified atom stereocenters. The molecule has 7 aliphatic rings. The molecule has 2 fully saturated rings. The first-order valence-corrected chi connectivity index (χ1v) is 19.9. The van der Waals surface area contributed by atoms with Gasteiger partial charge in [-0.15, -0.1) is 0 Å². The lowest BCUT2D eigenvalue weighted by Crippen LogP contribution is -2.71. The van der Waals surface area contributed by atoms with E-state index in [0.717, 1.165) is 11.1 Å². The second kappa shape index (κ2) is 13.1. The standard InChI is InChI=1S/C40H42N4O11S/c1-17-9-21-10-23-24(13-41)44-25-14-52-39(48)40(22-12-27(50-5)26(46)11-20(22)7-8-42-40)15-56(49)38(32(44)31(43(23)4)28(21)33(47)34(17)51-6)30-29(25)37-36(53-16-54-37)18(2)35(30)55-19(3)45/h9,11-12,23-25,31-32,38,42,46-47H,7-8,10,14-16H2,1-6H3/t23-,24+,25+,31-,32-,38-,40-,56?/m1/s1. The number of carbonyl (C=O) groups is 2. The number of nitrogens with one attached hydrogen (secondary N) is 1. The van der Waals surface area contributed by atoms with Crippen LogP contribution in [0.4, 0.5) is 0 Å². The highest BCUT2D eigenvalue weighted by Gasteiger charge is 2.65. The highest BCUT2D eigenvalue weighted by molar-refractivity contribution is 7.91. The average molecular weight is 787 g/mol. The number of phenols is 2. The molecule has 10 rings (SSSR count). The smallest absolute Gasteiger partial charge is 0.336 e. The van der Waals surface area contributed by atoms with Gasteiger partial charge in [0.15, 0.2) is 45.3 Å². The number of aromatic hydroxyl groups is 2. The van der Waals surface area contributed by atoms with Crippen LogP contribution in [0, 0.1) is 25.2 Å². The lowest BCUT2D eigenvalue weighted by Gasteiger charge is -2.61. The Hall–Kier alpha value is -4.92. The molecule has 3 aromatic carbocycles. The van der Waals surface area contributed by atoms with Gasteiger partial charge in [-0.2, -0.15) is 5.26 Å². The van der Waals surface area contributed by atoms with Crippen molar-refractivity contribution in [2.24, 2.45) is 0 Å². The largest absolute Gasteiger partial charge is 0.616 e. The third kappa shape index (κ3) is 4.91. The number of esters is 2. The first-order chi connectivity index (χ1) is 26.9. The molecule has 56 heavy (non-hydrogen) atoms. The van der Waals surface area contributed by atoms with Crippen LogP contribution in [-0.4, -0.2) is 102 Å². The normalized spacial score (nSPS) is 30.0. The van der Waals surface area contributed by atoms with E-state index in [1.54, 1.807) is 19.1 Å². The summed E-state index contributed by atoms with van der Waals surface area (Å²) in [6.07, 6.45) is 0.882. The zero-order valence-electron chi connectivity index (χ0n) is 31.8. The van der Waals surface area contributed by atoms with E-state index in [4.69, 9.17) is 28.4 Å². The molecule has 0 amide bonds. The summed E-state index contributed by atoms with van der Waals surface area (Å²) in [5.74, 6) is -0.469. The number of methoxy groups -OCH3 is 2. The molecule has 7 aliphatic heterocycles. The number of nitriles is 1. The minimum Gasteiger partial charge on any atom is -0.616 e. The molecule has 7 heterocycles. The number of phenolic OH excluding ortho intramolecular Hbond substituents is 2. The molecule has 0 aromatic heterocycles. The Bertz CT molecular complexity index is 2260. The number of hydrogen-bond acceptors (Lipinski definition) is 15. The lowest BCUT2D eigenvalue weighted by molar-refractivity contribution is -0.157. The molecule has 8 atom stereocenters. The molecule has 0 saturated carbocycles. The van der Waals surface area contributed by atoms with Crippen molar-refractivity contribution in [1.29, 1.82) is 5.26 Å². The second-order valence-corrected chi connectivity index (χ2v) is 16.9. The molecule has 3 aromatic rings.